The van der Waals surface area contributed by atoms with Crippen molar-refractivity contribution in [2.45, 2.75) is 20.5 Å². The lowest BCUT2D eigenvalue weighted by Gasteiger charge is -2.09. The van der Waals surface area contributed by atoms with Gasteiger partial charge in [-0.1, -0.05) is 12.1 Å². The summed E-state index contributed by atoms with van der Waals surface area (Å²) in [4.78, 5) is 21.4. The molecule has 0 aromatic heterocycles. The average Bonchev–Trinajstić information content (AvgIpc) is 2.18. The Labute approximate surface area is 92.0 Å². The van der Waals surface area contributed by atoms with Crippen molar-refractivity contribution in [3.8, 4) is 5.75 Å². The Hall–Kier alpha value is -1.91. The number of carbonyl (C=O) groups excluding carboxylic acids is 2. The molecule has 0 bridgehead atoms. The van der Waals surface area contributed by atoms with Crippen molar-refractivity contribution in [1.82, 2.24) is 0 Å². The Balaban J connectivity index is 2.93. The second-order valence-electron chi connectivity index (χ2n) is 3.10. The lowest BCUT2D eigenvalue weighted by molar-refractivity contribution is -0.142. The number of halogens is 1. The molecule has 4 nitrogen and oxygen atoms in total. The van der Waals surface area contributed by atoms with Crippen LogP contribution in [-0.4, -0.2) is 11.9 Å². The molecule has 1 aromatic rings. The molecule has 16 heavy (non-hydrogen) atoms. The molecule has 1 aromatic carbocycles. The zero-order valence-corrected chi connectivity index (χ0v) is 8.95. The summed E-state index contributed by atoms with van der Waals surface area (Å²) in [7, 11) is 0. The van der Waals surface area contributed by atoms with Crippen LogP contribution in [0.15, 0.2) is 18.2 Å². The van der Waals surface area contributed by atoms with Crippen LogP contribution in [0.5, 0.6) is 5.75 Å². The minimum Gasteiger partial charge on any atom is -0.461 e. The van der Waals surface area contributed by atoms with Gasteiger partial charge in [0.1, 0.15) is 6.61 Å². The highest BCUT2D eigenvalue weighted by atomic mass is 19.1. The van der Waals surface area contributed by atoms with Crippen LogP contribution in [0, 0.1) is 5.82 Å². The Morgan fingerprint density at radius 1 is 1.25 bits per heavy atom. The van der Waals surface area contributed by atoms with E-state index in [-0.39, 0.29) is 12.4 Å². The van der Waals surface area contributed by atoms with Crippen LogP contribution in [0.25, 0.3) is 0 Å². The van der Waals surface area contributed by atoms with Gasteiger partial charge in [0.15, 0.2) is 11.6 Å². The molecule has 0 spiro atoms. The Morgan fingerprint density at radius 3 is 2.50 bits per heavy atom. The predicted molar refractivity (Wildman–Crippen MR) is 53.2 cm³/mol. The molecule has 0 atom stereocenters. The van der Waals surface area contributed by atoms with Crippen molar-refractivity contribution < 1.29 is 23.5 Å². The topological polar surface area (TPSA) is 52.6 Å². The van der Waals surface area contributed by atoms with Gasteiger partial charge in [0.2, 0.25) is 0 Å². The second-order valence-corrected chi connectivity index (χ2v) is 3.10. The largest absolute Gasteiger partial charge is 0.461 e. The molecule has 0 aliphatic carbocycles. The van der Waals surface area contributed by atoms with E-state index in [9.17, 15) is 14.0 Å². The summed E-state index contributed by atoms with van der Waals surface area (Å²) in [5.41, 5.74) is 0.311. The first-order chi connectivity index (χ1) is 7.50. The number of carbonyl (C=O) groups is 2. The first kappa shape index (κ1) is 12.2. The van der Waals surface area contributed by atoms with Gasteiger partial charge >= 0.3 is 11.9 Å². The molecule has 0 unspecified atom stereocenters. The summed E-state index contributed by atoms with van der Waals surface area (Å²) in [6.07, 6.45) is 0. The Morgan fingerprint density at radius 2 is 1.94 bits per heavy atom. The summed E-state index contributed by atoms with van der Waals surface area (Å²) < 4.78 is 22.7. The lowest BCUT2D eigenvalue weighted by Crippen LogP contribution is -2.07. The number of ether oxygens (including phenoxy) is 2. The summed E-state index contributed by atoms with van der Waals surface area (Å²) >= 11 is 0. The number of benzene rings is 1. The number of hydrogen-bond donors (Lipinski definition) is 0. The van der Waals surface area contributed by atoms with Crippen LogP contribution in [0.2, 0.25) is 0 Å². The highest BCUT2D eigenvalue weighted by Gasteiger charge is 2.12. The number of para-hydroxylation sites is 1. The van der Waals surface area contributed by atoms with Crippen LogP contribution < -0.4 is 4.74 Å². The molecule has 0 saturated carbocycles. The highest BCUT2D eigenvalue weighted by Crippen LogP contribution is 2.23. The van der Waals surface area contributed by atoms with Crippen LogP contribution in [0.1, 0.15) is 19.4 Å². The molecular weight excluding hydrogens is 215 g/mol. The molecule has 1 rings (SSSR count). The first-order valence-electron chi connectivity index (χ1n) is 4.60. The molecule has 0 N–H and O–H groups in total. The Kier molecular flexibility index (Phi) is 3.99. The lowest BCUT2D eigenvalue weighted by atomic mass is 10.2. The molecule has 0 aliphatic heterocycles. The van der Waals surface area contributed by atoms with E-state index in [1.54, 1.807) is 0 Å². The summed E-state index contributed by atoms with van der Waals surface area (Å²) in [6.45, 7) is 2.28. The third-order valence-corrected chi connectivity index (χ3v) is 1.73. The van der Waals surface area contributed by atoms with Gasteiger partial charge in [0, 0.05) is 19.4 Å². The molecule has 0 amide bonds. The minimum absolute atomic E-state index is 0.129. The zero-order valence-electron chi connectivity index (χ0n) is 8.95. The van der Waals surface area contributed by atoms with Crippen LogP contribution in [-0.2, 0) is 20.9 Å². The zero-order chi connectivity index (χ0) is 12.1. The van der Waals surface area contributed by atoms with Gasteiger partial charge in [-0.05, 0) is 6.07 Å². The van der Waals surface area contributed by atoms with E-state index in [4.69, 9.17) is 9.47 Å². The van der Waals surface area contributed by atoms with E-state index >= 15 is 0 Å². The Bertz CT molecular complexity index is 414. The van der Waals surface area contributed by atoms with Crippen molar-refractivity contribution in [3.05, 3.63) is 29.6 Å². The van der Waals surface area contributed by atoms with Gasteiger partial charge in [-0.25, -0.2) is 4.39 Å². The van der Waals surface area contributed by atoms with E-state index in [1.807, 2.05) is 0 Å². The number of esters is 2. The molecule has 0 heterocycles. The van der Waals surface area contributed by atoms with Crippen molar-refractivity contribution >= 4 is 11.9 Å². The normalized spacial score (nSPS) is 9.69. The standard InChI is InChI=1S/C11H11FO4/c1-7(13)15-6-9-4-3-5-10(12)11(9)16-8(2)14/h3-5H,6H2,1-2H3. The van der Waals surface area contributed by atoms with Crippen molar-refractivity contribution in [1.29, 1.82) is 0 Å². The van der Waals surface area contributed by atoms with Crippen molar-refractivity contribution in [2.75, 3.05) is 0 Å². The van der Waals surface area contributed by atoms with E-state index in [2.05, 4.69) is 0 Å². The van der Waals surface area contributed by atoms with E-state index in [0.29, 0.717) is 5.56 Å². The molecule has 0 fully saturated rings. The maximum atomic E-state index is 13.3. The fraction of sp³-hybridized carbons (Fsp3) is 0.273. The fourth-order valence-corrected chi connectivity index (χ4v) is 1.10. The number of rotatable bonds is 3. The minimum atomic E-state index is -0.667. The van der Waals surface area contributed by atoms with Gasteiger partial charge in [-0.15, -0.1) is 0 Å². The third kappa shape index (κ3) is 3.34. The van der Waals surface area contributed by atoms with Gasteiger partial charge in [-0.3, -0.25) is 9.59 Å². The molecule has 0 saturated heterocycles. The van der Waals surface area contributed by atoms with Crippen LogP contribution in [0.3, 0.4) is 0 Å². The van der Waals surface area contributed by atoms with Gasteiger partial charge in [0.25, 0.3) is 0 Å². The molecule has 86 valence electrons. The summed E-state index contributed by atoms with van der Waals surface area (Å²) in [6, 6.07) is 4.13. The molecule has 5 heteroatoms. The third-order valence-electron chi connectivity index (χ3n) is 1.73. The average molecular weight is 226 g/mol. The number of hydrogen-bond acceptors (Lipinski definition) is 4. The quantitative estimate of drug-likeness (QED) is 0.582. The summed E-state index contributed by atoms with van der Waals surface area (Å²) in [5.74, 6) is -1.98. The first-order valence-corrected chi connectivity index (χ1v) is 4.60. The molecule has 0 radical (unpaired) electrons. The fourth-order valence-electron chi connectivity index (χ4n) is 1.10. The molecule has 0 aliphatic rings. The van der Waals surface area contributed by atoms with E-state index < -0.39 is 17.8 Å². The van der Waals surface area contributed by atoms with Gasteiger partial charge < -0.3 is 9.47 Å². The van der Waals surface area contributed by atoms with E-state index in [1.165, 1.54) is 26.0 Å². The van der Waals surface area contributed by atoms with Crippen molar-refractivity contribution in [3.63, 3.8) is 0 Å². The van der Waals surface area contributed by atoms with Gasteiger partial charge in [0.05, 0.1) is 0 Å². The van der Waals surface area contributed by atoms with Crippen molar-refractivity contribution in [2.24, 2.45) is 0 Å². The predicted octanol–water partition coefficient (Wildman–Crippen LogP) is 1.81. The van der Waals surface area contributed by atoms with Crippen LogP contribution in [0.4, 0.5) is 4.39 Å². The maximum Gasteiger partial charge on any atom is 0.308 e. The van der Waals surface area contributed by atoms with Crippen LogP contribution >= 0.6 is 0 Å². The van der Waals surface area contributed by atoms with E-state index in [0.717, 1.165) is 6.07 Å². The monoisotopic (exact) mass is 226 g/mol. The maximum absolute atomic E-state index is 13.3. The summed E-state index contributed by atoms with van der Waals surface area (Å²) in [5, 5.41) is 0. The SMILES string of the molecule is CC(=O)OCc1cccc(F)c1OC(C)=O. The molecular formula is C11H11FO4. The smallest absolute Gasteiger partial charge is 0.308 e. The van der Waals surface area contributed by atoms with Gasteiger partial charge in [-0.2, -0.15) is 0 Å². The highest BCUT2D eigenvalue weighted by molar-refractivity contribution is 5.70. The second kappa shape index (κ2) is 5.25.